The summed E-state index contributed by atoms with van der Waals surface area (Å²) in [5.41, 5.74) is 5.63. The summed E-state index contributed by atoms with van der Waals surface area (Å²) in [6.45, 7) is 5.89. The highest BCUT2D eigenvalue weighted by Gasteiger charge is 2.27. The molecule has 18 heavy (non-hydrogen) atoms. The molecule has 0 saturated carbocycles. The molecule has 1 amide bonds. The average molecular weight is 285 g/mol. The second-order valence-corrected chi connectivity index (χ2v) is 5.86. The number of hydrogen-bond donors (Lipinski definition) is 2. The van der Waals surface area contributed by atoms with Crippen LogP contribution in [-0.4, -0.2) is 15.9 Å². The molecule has 6 heteroatoms. The zero-order valence-electron chi connectivity index (χ0n) is 10.8. The Hall–Kier alpha value is -1.01. The fraction of sp³-hybridized carbons (Fsp3) is 0.583. The van der Waals surface area contributed by atoms with E-state index in [0.29, 0.717) is 0 Å². The van der Waals surface area contributed by atoms with Gasteiger partial charge in [-0.05, 0) is 12.3 Å². The predicted octanol–water partition coefficient (Wildman–Crippen LogP) is 2.27. The van der Waals surface area contributed by atoms with Crippen LogP contribution in [0.3, 0.4) is 0 Å². The summed E-state index contributed by atoms with van der Waals surface area (Å²) in [5, 5.41) is 5.79. The van der Waals surface area contributed by atoms with E-state index in [9.17, 15) is 4.79 Å². The van der Waals surface area contributed by atoms with Crippen molar-refractivity contribution in [3.8, 4) is 0 Å². The lowest BCUT2D eigenvalue weighted by atomic mass is 9.94. The van der Waals surface area contributed by atoms with E-state index in [0.717, 1.165) is 11.4 Å². The Morgan fingerprint density at radius 2 is 2.28 bits per heavy atom. The van der Waals surface area contributed by atoms with Crippen molar-refractivity contribution in [1.29, 1.82) is 0 Å². The number of nitrogens with zero attached hydrogens (tertiary/aromatic N) is 1. The van der Waals surface area contributed by atoms with Gasteiger partial charge < -0.3 is 11.1 Å². The van der Waals surface area contributed by atoms with E-state index >= 15 is 0 Å². The molecule has 0 aliphatic heterocycles. The van der Waals surface area contributed by atoms with E-state index in [1.807, 2.05) is 26.2 Å². The van der Waals surface area contributed by atoms with Gasteiger partial charge in [-0.1, -0.05) is 33.0 Å². The maximum atomic E-state index is 12.2. The largest absolute Gasteiger partial charge is 0.393 e. The number of hydrogen-bond acceptors (Lipinski definition) is 4. The first-order valence-corrected chi connectivity index (χ1v) is 7.25. The van der Waals surface area contributed by atoms with Crippen LogP contribution in [0.15, 0.2) is 11.6 Å². The first-order valence-electron chi connectivity index (χ1n) is 5.96. The van der Waals surface area contributed by atoms with Crippen molar-refractivity contribution < 1.29 is 4.79 Å². The van der Waals surface area contributed by atoms with Crippen LogP contribution in [-0.2, 0) is 4.79 Å². The first kappa shape index (κ1) is 15.0. The van der Waals surface area contributed by atoms with Crippen LogP contribution >= 0.6 is 23.6 Å². The molecular weight excluding hydrogens is 266 g/mol. The molecule has 0 aliphatic rings. The van der Waals surface area contributed by atoms with Gasteiger partial charge in [0.25, 0.3) is 0 Å². The van der Waals surface area contributed by atoms with Crippen molar-refractivity contribution in [2.24, 2.45) is 17.6 Å². The number of nitrogens with one attached hydrogen (secondary N) is 1. The molecular formula is C12H19N3OS2. The monoisotopic (exact) mass is 285 g/mol. The van der Waals surface area contributed by atoms with Gasteiger partial charge in [0.2, 0.25) is 5.91 Å². The molecule has 1 rings (SSSR count). The third-order valence-corrected chi connectivity index (χ3v) is 3.87. The molecule has 2 unspecified atom stereocenters. The molecule has 4 nitrogen and oxygen atoms in total. The molecule has 3 N–H and O–H groups in total. The molecule has 0 spiro atoms. The molecule has 0 fully saturated rings. The average Bonchev–Trinajstić information content (AvgIpc) is 2.77. The first-order chi connectivity index (χ1) is 8.47. The quantitative estimate of drug-likeness (QED) is 0.787. The minimum atomic E-state index is -0.422. The van der Waals surface area contributed by atoms with Crippen molar-refractivity contribution >= 4 is 34.5 Å². The minimum Gasteiger partial charge on any atom is -0.393 e. The van der Waals surface area contributed by atoms with Crippen molar-refractivity contribution in [1.82, 2.24) is 10.3 Å². The van der Waals surface area contributed by atoms with Gasteiger partial charge in [0.1, 0.15) is 5.01 Å². The summed E-state index contributed by atoms with van der Waals surface area (Å²) in [4.78, 5) is 16.7. The van der Waals surface area contributed by atoms with Gasteiger partial charge in [0.15, 0.2) is 0 Å². The Morgan fingerprint density at radius 1 is 1.61 bits per heavy atom. The summed E-state index contributed by atoms with van der Waals surface area (Å²) < 4.78 is 0. The van der Waals surface area contributed by atoms with Gasteiger partial charge in [0, 0.05) is 11.6 Å². The van der Waals surface area contributed by atoms with Gasteiger partial charge in [0.05, 0.1) is 16.9 Å². The second kappa shape index (κ2) is 6.80. The van der Waals surface area contributed by atoms with Crippen molar-refractivity contribution in [2.45, 2.75) is 33.2 Å². The number of rotatable bonds is 6. The Balaban J connectivity index is 2.75. The van der Waals surface area contributed by atoms with Crippen molar-refractivity contribution in [3.63, 3.8) is 0 Å². The zero-order chi connectivity index (χ0) is 13.7. The molecule has 0 bridgehead atoms. The van der Waals surface area contributed by atoms with Crippen LogP contribution in [0.25, 0.3) is 0 Å². The van der Waals surface area contributed by atoms with E-state index in [1.165, 1.54) is 11.3 Å². The van der Waals surface area contributed by atoms with Gasteiger partial charge in [-0.2, -0.15) is 0 Å². The summed E-state index contributed by atoms with van der Waals surface area (Å²) in [6, 6.07) is -0.0619. The highest BCUT2D eigenvalue weighted by atomic mass is 32.1. The van der Waals surface area contributed by atoms with Gasteiger partial charge >= 0.3 is 0 Å². The number of aromatic nitrogens is 1. The summed E-state index contributed by atoms with van der Waals surface area (Å²) >= 11 is 6.50. The van der Waals surface area contributed by atoms with Crippen molar-refractivity contribution in [2.75, 3.05) is 0 Å². The summed E-state index contributed by atoms with van der Waals surface area (Å²) in [5.74, 6) is -0.440. The van der Waals surface area contributed by atoms with E-state index in [-0.39, 0.29) is 22.9 Å². The normalized spacial score (nSPS) is 14.2. The summed E-state index contributed by atoms with van der Waals surface area (Å²) in [6.07, 6.45) is 2.53. The molecule has 100 valence electrons. The topological polar surface area (TPSA) is 68.0 Å². The van der Waals surface area contributed by atoms with Crippen LogP contribution < -0.4 is 11.1 Å². The van der Waals surface area contributed by atoms with E-state index < -0.39 is 5.92 Å². The molecule has 0 aliphatic carbocycles. The van der Waals surface area contributed by atoms with E-state index in [4.69, 9.17) is 18.0 Å². The Kier molecular flexibility index (Phi) is 5.68. The van der Waals surface area contributed by atoms with E-state index in [2.05, 4.69) is 10.3 Å². The number of carbonyl (C=O) groups excluding carboxylic acids is 1. The Labute approximate surface area is 117 Å². The molecule has 0 saturated heterocycles. The van der Waals surface area contributed by atoms with Crippen LogP contribution in [0.2, 0.25) is 0 Å². The second-order valence-electron chi connectivity index (χ2n) is 4.46. The Bertz CT molecular complexity index is 403. The SMILES string of the molecule is CCC(NC(=O)C(C(N)=S)C(C)C)c1nccs1. The van der Waals surface area contributed by atoms with Gasteiger partial charge in [-0.3, -0.25) is 4.79 Å². The predicted molar refractivity (Wildman–Crippen MR) is 78.4 cm³/mol. The highest BCUT2D eigenvalue weighted by Crippen LogP contribution is 2.20. The maximum absolute atomic E-state index is 12.2. The fourth-order valence-corrected chi connectivity index (χ4v) is 2.92. The highest BCUT2D eigenvalue weighted by molar-refractivity contribution is 7.80. The number of thiazole rings is 1. The molecule has 1 aromatic heterocycles. The number of thiocarbonyl (C=S) groups is 1. The van der Waals surface area contributed by atoms with Crippen molar-refractivity contribution in [3.05, 3.63) is 16.6 Å². The third-order valence-electron chi connectivity index (χ3n) is 2.73. The lowest BCUT2D eigenvalue weighted by Crippen LogP contribution is -2.42. The zero-order valence-corrected chi connectivity index (χ0v) is 12.5. The van der Waals surface area contributed by atoms with Crippen LogP contribution in [0.1, 0.15) is 38.2 Å². The van der Waals surface area contributed by atoms with Gasteiger partial charge in [-0.25, -0.2) is 4.98 Å². The van der Waals surface area contributed by atoms with Crippen LogP contribution in [0, 0.1) is 11.8 Å². The molecule has 0 aromatic carbocycles. The molecule has 1 aromatic rings. The number of amides is 1. The molecule has 2 atom stereocenters. The molecule has 0 radical (unpaired) electrons. The lowest BCUT2D eigenvalue weighted by Gasteiger charge is -2.22. The number of carbonyl (C=O) groups is 1. The fourth-order valence-electron chi connectivity index (χ4n) is 1.77. The number of nitrogens with two attached hydrogens (primary N) is 1. The van der Waals surface area contributed by atoms with Gasteiger partial charge in [-0.15, -0.1) is 11.3 Å². The Morgan fingerprint density at radius 3 is 2.67 bits per heavy atom. The lowest BCUT2D eigenvalue weighted by molar-refractivity contribution is -0.124. The maximum Gasteiger partial charge on any atom is 0.230 e. The van der Waals surface area contributed by atoms with Crippen LogP contribution in [0.5, 0.6) is 0 Å². The standard InChI is InChI=1S/C12H19N3OS2/c1-4-8(12-14-5-6-18-12)15-11(16)9(7(2)3)10(13)17/h5-9H,4H2,1-3H3,(H2,13,17)(H,15,16). The minimum absolute atomic E-state index is 0.0619. The smallest absolute Gasteiger partial charge is 0.230 e. The molecule has 1 heterocycles. The third kappa shape index (κ3) is 3.74. The summed E-state index contributed by atoms with van der Waals surface area (Å²) in [7, 11) is 0. The van der Waals surface area contributed by atoms with E-state index in [1.54, 1.807) is 6.20 Å². The van der Waals surface area contributed by atoms with Crippen LogP contribution in [0.4, 0.5) is 0 Å².